The molecule has 0 aromatic carbocycles. The molecular weight excluding hydrogens is 292 g/mol. The molecule has 0 spiro atoms. The van der Waals surface area contributed by atoms with Gasteiger partial charge in [-0.25, -0.2) is 4.98 Å². The summed E-state index contributed by atoms with van der Waals surface area (Å²) in [6.45, 7) is 2.24. The van der Waals surface area contributed by atoms with E-state index in [1.54, 1.807) is 6.20 Å². The Morgan fingerprint density at radius 2 is 2.24 bits per heavy atom. The molecule has 0 saturated heterocycles. The van der Waals surface area contributed by atoms with Crippen molar-refractivity contribution in [2.75, 3.05) is 25.5 Å². The number of carbonyl (C=O) groups excluding carboxylic acids is 2. The minimum atomic E-state index is -0.545. The van der Waals surface area contributed by atoms with Crippen molar-refractivity contribution >= 4 is 39.1 Å². The lowest BCUT2D eigenvalue weighted by atomic mass is 10.2. The smallest absolute Gasteiger partial charge is 0.263 e. The molecule has 2 rings (SSSR count). The monoisotopic (exact) mass is 308 g/mol. The van der Waals surface area contributed by atoms with Gasteiger partial charge in [0.15, 0.2) is 0 Å². The van der Waals surface area contributed by atoms with Crippen LogP contribution in [0.25, 0.3) is 10.2 Å². The second-order valence-electron chi connectivity index (χ2n) is 4.43. The van der Waals surface area contributed by atoms with Gasteiger partial charge in [-0.15, -0.1) is 11.3 Å². The number of primary amides is 1. The summed E-state index contributed by atoms with van der Waals surface area (Å²) in [6, 6.07) is 1.85. The van der Waals surface area contributed by atoms with Gasteiger partial charge in [0.25, 0.3) is 5.91 Å². The molecule has 0 fully saturated rings. The van der Waals surface area contributed by atoms with Crippen molar-refractivity contribution in [3.8, 4) is 0 Å². The molecule has 0 aliphatic carbocycles. The van der Waals surface area contributed by atoms with Crippen molar-refractivity contribution in [2.24, 2.45) is 5.73 Å². The zero-order valence-corrected chi connectivity index (χ0v) is 12.3. The summed E-state index contributed by atoms with van der Waals surface area (Å²) in [5.74, 6) is -0.825. The predicted octanol–water partition coefficient (Wildman–Crippen LogP) is 0.419. The number of aryl methyl sites for hydroxylation is 1. The Labute approximate surface area is 125 Å². The van der Waals surface area contributed by atoms with Crippen LogP contribution in [0.2, 0.25) is 0 Å². The van der Waals surface area contributed by atoms with Gasteiger partial charge < -0.3 is 21.5 Å². The molecule has 0 radical (unpaired) electrons. The molecule has 7 nitrogen and oxygen atoms in total. The molecular formula is C13H16N4O3S. The van der Waals surface area contributed by atoms with Gasteiger partial charge in [0.1, 0.15) is 16.3 Å². The van der Waals surface area contributed by atoms with E-state index in [1.165, 1.54) is 11.3 Å². The summed E-state index contributed by atoms with van der Waals surface area (Å²) >= 11 is 1.25. The molecule has 0 bridgehead atoms. The highest BCUT2D eigenvalue weighted by molar-refractivity contribution is 7.21. The van der Waals surface area contributed by atoms with Crippen LogP contribution in [0.15, 0.2) is 12.3 Å². The Balaban J connectivity index is 2.01. The van der Waals surface area contributed by atoms with E-state index in [9.17, 15) is 9.59 Å². The van der Waals surface area contributed by atoms with Crippen molar-refractivity contribution in [1.82, 2.24) is 10.3 Å². The number of rotatable bonds is 6. The lowest BCUT2D eigenvalue weighted by Crippen LogP contribution is -2.28. The summed E-state index contributed by atoms with van der Waals surface area (Å²) in [6.07, 6.45) is 1.69. The van der Waals surface area contributed by atoms with Gasteiger partial charge in [-0.3, -0.25) is 9.59 Å². The number of hydrogen-bond acceptors (Lipinski definition) is 6. The van der Waals surface area contributed by atoms with E-state index >= 15 is 0 Å². The number of fused-ring (bicyclic) bond motifs is 1. The molecule has 0 unspecified atom stereocenters. The van der Waals surface area contributed by atoms with Gasteiger partial charge in [0.2, 0.25) is 5.91 Å². The number of nitrogens with one attached hydrogen (secondary N) is 1. The normalized spacial score (nSPS) is 10.7. The summed E-state index contributed by atoms with van der Waals surface area (Å²) < 4.78 is 4.96. The SMILES string of the molecule is Cc1ccnc2sc(C(=O)NCCOCC(N)=O)c(N)c12. The first kappa shape index (κ1) is 15.2. The number of nitrogen functional groups attached to an aromatic ring is 1. The van der Waals surface area contributed by atoms with Gasteiger partial charge in [-0.1, -0.05) is 0 Å². The highest BCUT2D eigenvalue weighted by atomic mass is 32.1. The van der Waals surface area contributed by atoms with E-state index in [4.69, 9.17) is 16.2 Å². The summed E-state index contributed by atoms with van der Waals surface area (Å²) in [5.41, 5.74) is 12.4. The number of carbonyl (C=O) groups is 2. The summed E-state index contributed by atoms with van der Waals surface area (Å²) in [4.78, 5) is 28.0. The Kier molecular flexibility index (Phi) is 4.71. The molecule has 2 aromatic rings. The van der Waals surface area contributed by atoms with E-state index in [0.717, 1.165) is 15.8 Å². The topological polar surface area (TPSA) is 120 Å². The quantitative estimate of drug-likeness (QED) is 0.668. The first-order valence-corrected chi connectivity index (χ1v) is 7.10. The maximum Gasteiger partial charge on any atom is 0.263 e. The highest BCUT2D eigenvalue weighted by Crippen LogP contribution is 2.33. The van der Waals surface area contributed by atoms with Gasteiger partial charge in [0, 0.05) is 18.1 Å². The minimum Gasteiger partial charge on any atom is -0.397 e. The Hall–Kier alpha value is -2.19. The van der Waals surface area contributed by atoms with E-state index in [1.807, 2.05) is 13.0 Å². The van der Waals surface area contributed by atoms with Crippen LogP contribution in [0.4, 0.5) is 5.69 Å². The third-order valence-electron chi connectivity index (χ3n) is 2.82. The molecule has 5 N–H and O–H groups in total. The van der Waals surface area contributed by atoms with Crippen LogP contribution in [-0.4, -0.2) is 36.6 Å². The van der Waals surface area contributed by atoms with E-state index < -0.39 is 5.91 Å². The number of pyridine rings is 1. The number of thiophene rings is 1. The third-order valence-corrected chi connectivity index (χ3v) is 3.93. The van der Waals surface area contributed by atoms with E-state index in [0.29, 0.717) is 10.6 Å². The van der Waals surface area contributed by atoms with Crippen LogP contribution in [0.1, 0.15) is 15.2 Å². The number of aromatic nitrogens is 1. The molecule has 2 aromatic heterocycles. The van der Waals surface area contributed by atoms with Crippen molar-refractivity contribution in [3.05, 3.63) is 22.7 Å². The lowest BCUT2D eigenvalue weighted by molar-refractivity contribution is -0.122. The first-order chi connectivity index (χ1) is 10.0. The molecule has 0 saturated carbocycles. The summed E-state index contributed by atoms with van der Waals surface area (Å²) in [7, 11) is 0. The molecule has 8 heteroatoms. The predicted molar refractivity (Wildman–Crippen MR) is 81.1 cm³/mol. The second kappa shape index (κ2) is 6.51. The van der Waals surface area contributed by atoms with Crippen LogP contribution >= 0.6 is 11.3 Å². The van der Waals surface area contributed by atoms with Crippen LogP contribution in [0, 0.1) is 6.92 Å². The second-order valence-corrected chi connectivity index (χ2v) is 5.43. The Bertz CT molecular complexity index is 683. The number of hydrogen-bond donors (Lipinski definition) is 3. The van der Waals surface area contributed by atoms with Gasteiger partial charge in [-0.2, -0.15) is 0 Å². The van der Waals surface area contributed by atoms with E-state index in [-0.39, 0.29) is 25.7 Å². The highest BCUT2D eigenvalue weighted by Gasteiger charge is 2.17. The largest absolute Gasteiger partial charge is 0.397 e. The average molecular weight is 308 g/mol. The van der Waals surface area contributed by atoms with Gasteiger partial charge >= 0.3 is 0 Å². The van der Waals surface area contributed by atoms with Crippen LogP contribution in [0.5, 0.6) is 0 Å². The number of anilines is 1. The molecule has 21 heavy (non-hydrogen) atoms. The molecule has 0 atom stereocenters. The molecule has 2 amide bonds. The van der Waals surface area contributed by atoms with Crippen LogP contribution in [0.3, 0.4) is 0 Å². The Morgan fingerprint density at radius 3 is 2.90 bits per heavy atom. The maximum absolute atomic E-state index is 12.1. The minimum absolute atomic E-state index is 0.163. The Morgan fingerprint density at radius 1 is 1.48 bits per heavy atom. The summed E-state index contributed by atoms with van der Waals surface area (Å²) in [5, 5.41) is 3.50. The lowest BCUT2D eigenvalue weighted by Gasteiger charge is -2.04. The van der Waals surface area contributed by atoms with Gasteiger partial charge in [0.05, 0.1) is 12.3 Å². The third kappa shape index (κ3) is 3.47. The molecule has 0 aliphatic heterocycles. The number of nitrogens with zero attached hydrogens (tertiary/aromatic N) is 1. The zero-order valence-electron chi connectivity index (χ0n) is 11.5. The fourth-order valence-electron chi connectivity index (χ4n) is 1.86. The van der Waals surface area contributed by atoms with Crippen molar-refractivity contribution in [3.63, 3.8) is 0 Å². The number of nitrogens with two attached hydrogens (primary N) is 2. The van der Waals surface area contributed by atoms with Crippen LogP contribution in [-0.2, 0) is 9.53 Å². The van der Waals surface area contributed by atoms with E-state index in [2.05, 4.69) is 10.3 Å². The number of ether oxygens (including phenoxy) is 1. The van der Waals surface area contributed by atoms with Crippen molar-refractivity contribution < 1.29 is 14.3 Å². The van der Waals surface area contributed by atoms with Crippen molar-refractivity contribution in [2.45, 2.75) is 6.92 Å². The molecule has 112 valence electrons. The number of amides is 2. The fraction of sp³-hybridized carbons (Fsp3) is 0.308. The molecule has 0 aliphatic rings. The first-order valence-electron chi connectivity index (χ1n) is 6.28. The van der Waals surface area contributed by atoms with Crippen LogP contribution < -0.4 is 16.8 Å². The zero-order chi connectivity index (χ0) is 15.4. The van der Waals surface area contributed by atoms with Gasteiger partial charge in [-0.05, 0) is 18.6 Å². The standard InChI is InChI=1S/C13H16N4O3S/c1-7-2-3-17-13-9(7)10(15)11(21-13)12(19)16-4-5-20-6-8(14)18/h2-3H,4-6,15H2,1H3,(H2,14,18)(H,16,19). The average Bonchev–Trinajstić information content (AvgIpc) is 2.76. The molecule has 2 heterocycles. The van der Waals surface area contributed by atoms with Crippen molar-refractivity contribution in [1.29, 1.82) is 0 Å². The maximum atomic E-state index is 12.1. The fourth-order valence-corrected chi connectivity index (χ4v) is 2.92.